The normalized spacial score (nSPS) is 13.1. The maximum absolute atomic E-state index is 13.6. The number of aliphatic hydroxyl groups is 1. The first-order valence-electron chi connectivity index (χ1n) is 9.75. The van der Waals surface area contributed by atoms with Gasteiger partial charge < -0.3 is 5.11 Å². The number of benzene rings is 3. The van der Waals surface area contributed by atoms with E-state index in [2.05, 4.69) is 32.9 Å². The highest BCUT2D eigenvalue weighted by molar-refractivity contribution is 5.92. The van der Waals surface area contributed by atoms with E-state index in [1.807, 2.05) is 78.9 Å². The molecule has 1 unspecified atom stereocenters. The van der Waals surface area contributed by atoms with Gasteiger partial charge in [-0.2, -0.15) is 0 Å². The molecule has 0 saturated heterocycles. The molecule has 2 heteroatoms. The van der Waals surface area contributed by atoms with Crippen LogP contribution in [0.4, 0.5) is 0 Å². The molecule has 0 saturated carbocycles. The molecule has 0 fully saturated rings. The van der Waals surface area contributed by atoms with Crippen LogP contribution in [0.1, 0.15) is 49.8 Å². The summed E-state index contributed by atoms with van der Waals surface area (Å²) in [6.07, 6.45) is 0.258. The van der Waals surface area contributed by atoms with Gasteiger partial charge in [-0.3, -0.25) is 4.79 Å². The molecule has 0 radical (unpaired) electrons. The van der Waals surface area contributed by atoms with Gasteiger partial charge in [-0.1, -0.05) is 112 Å². The molecule has 0 heterocycles. The van der Waals surface area contributed by atoms with Gasteiger partial charge in [0.1, 0.15) is 0 Å². The van der Waals surface area contributed by atoms with Crippen LogP contribution in [0.5, 0.6) is 0 Å². The molecule has 3 rings (SSSR count). The highest BCUT2D eigenvalue weighted by Crippen LogP contribution is 2.41. The average Bonchev–Trinajstić information content (AvgIpc) is 2.72. The molecule has 3 aromatic carbocycles. The van der Waals surface area contributed by atoms with Crippen molar-refractivity contribution in [2.24, 2.45) is 5.41 Å². The van der Waals surface area contributed by atoms with Gasteiger partial charge >= 0.3 is 0 Å². The number of carbonyl (C=O) groups is 1. The van der Waals surface area contributed by atoms with E-state index in [0.29, 0.717) is 11.1 Å². The van der Waals surface area contributed by atoms with Crippen molar-refractivity contribution < 1.29 is 9.90 Å². The van der Waals surface area contributed by atoms with Crippen molar-refractivity contribution in [1.29, 1.82) is 0 Å². The Labute approximate surface area is 167 Å². The Morgan fingerprint density at radius 2 is 1.14 bits per heavy atom. The molecule has 1 N–H and O–H groups in total. The van der Waals surface area contributed by atoms with Gasteiger partial charge in [-0.15, -0.1) is 0 Å². The van der Waals surface area contributed by atoms with Gasteiger partial charge in [0.05, 0.1) is 0 Å². The van der Waals surface area contributed by atoms with Gasteiger partial charge in [0.2, 0.25) is 0 Å². The van der Waals surface area contributed by atoms with Gasteiger partial charge in [0, 0.05) is 6.42 Å². The number of hydrogen-bond donors (Lipinski definition) is 1. The standard InChI is InChI=1S/C26H28O2/c1-25(2,3)23(20-13-7-4-8-14-20)19-24(27)26(28,21-15-9-5-10-16-21)22-17-11-6-12-18-22/h4-18,23,28H,19H2,1-3H3. The second kappa shape index (κ2) is 8.12. The number of carbonyl (C=O) groups excluding carboxylic acids is 1. The van der Waals surface area contributed by atoms with Crippen molar-refractivity contribution in [3.05, 3.63) is 108 Å². The highest BCUT2D eigenvalue weighted by atomic mass is 16.3. The van der Waals surface area contributed by atoms with Crippen molar-refractivity contribution in [3.63, 3.8) is 0 Å². The van der Waals surface area contributed by atoms with E-state index >= 15 is 0 Å². The maximum Gasteiger partial charge on any atom is 0.174 e. The zero-order valence-electron chi connectivity index (χ0n) is 16.8. The molecular weight excluding hydrogens is 344 g/mol. The largest absolute Gasteiger partial charge is 0.373 e. The molecule has 28 heavy (non-hydrogen) atoms. The lowest BCUT2D eigenvalue weighted by Crippen LogP contribution is -2.39. The average molecular weight is 373 g/mol. The van der Waals surface area contributed by atoms with Crippen LogP contribution in [0, 0.1) is 5.41 Å². The van der Waals surface area contributed by atoms with Crippen LogP contribution in [0.25, 0.3) is 0 Å². The lowest BCUT2D eigenvalue weighted by atomic mass is 9.70. The Bertz CT molecular complexity index is 854. The predicted molar refractivity (Wildman–Crippen MR) is 114 cm³/mol. The Morgan fingerprint density at radius 1 is 0.750 bits per heavy atom. The topological polar surface area (TPSA) is 37.3 Å². The SMILES string of the molecule is CC(C)(C)C(CC(=O)C(O)(c1ccccc1)c1ccccc1)c1ccccc1. The first-order chi connectivity index (χ1) is 13.3. The minimum Gasteiger partial charge on any atom is -0.373 e. The summed E-state index contributed by atoms with van der Waals surface area (Å²) in [4.78, 5) is 13.6. The van der Waals surface area contributed by atoms with Gasteiger partial charge in [0.25, 0.3) is 0 Å². The third kappa shape index (κ3) is 4.07. The quantitative estimate of drug-likeness (QED) is 0.601. The van der Waals surface area contributed by atoms with E-state index in [-0.39, 0.29) is 23.5 Å². The Balaban J connectivity index is 2.05. The maximum atomic E-state index is 13.6. The minimum absolute atomic E-state index is 0.000138. The summed E-state index contributed by atoms with van der Waals surface area (Å²) in [5.74, 6) is -0.186. The summed E-state index contributed by atoms with van der Waals surface area (Å²) < 4.78 is 0. The second-order valence-corrected chi connectivity index (χ2v) is 8.40. The van der Waals surface area contributed by atoms with Crippen LogP contribution < -0.4 is 0 Å². The summed E-state index contributed by atoms with van der Waals surface area (Å²) in [5, 5.41) is 11.7. The molecule has 0 aromatic heterocycles. The second-order valence-electron chi connectivity index (χ2n) is 8.40. The van der Waals surface area contributed by atoms with E-state index in [4.69, 9.17) is 0 Å². The Morgan fingerprint density at radius 3 is 1.54 bits per heavy atom. The van der Waals surface area contributed by atoms with Crippen molar-refractivity contribution in [2.75, 3.05) is 0 Å². The number of ketones is 1. The van der Waals surface area contributed by atoms with Crippen LogP contribution in [0.15, 0.2) is 91.0 Å². The van der Waals surface area contributed by atoms with Crippen LogP contribution in [-0.4, -0.2) is 10.9 Å². The lowest BCUT2D eigenvalue weighted by Gasteiger charge is -2.35. The molecule has 144 valence electrons. The zero-order valence-corrected chi connectivity index (χ0v) is 16.8. The summed E-state index contributed by atoms with van der Waals surface area (Å²) in [6, 6.07) is 28.6. The van der Waals surface area contributed by atoms with Crippen molar-refractivity contribution in [2.45, 2.75) is 38.7 Å². The predicted octanol–water partition coefficient (Wildman–Crippen LogP) is 5.71. The van der Waals surface area contributed by atoms with Gasteiger partial charge in [-0.05, 0) is 28.0 Å². The summed E-state index contributed by atoms with van der Waals surface area (Å²) >= 11 is 0. The fourth-order valence-electron chi connectivity index (χ4n) is 3.79. The third-order valence-corrected chi connectivity index (χ3v) is 5.42. The van der Waals surface area contributed by atoms with E-state index < -0.39 is 5.60 Å². The summed E-state index contributed by atoms with van der Waals surface area (Å²) in [6.45, 7) is 6.42. The third-order valence-electron chi connectivity index (χ3n) is 5.42. The number of hydrogen-bond acceptors (Lipinski definition) is 2. The lowest BCUT2D eigenvalue weighted by molar-refractivity contribution is -0.135. The fourth-order valence-corrected chi connectivity index (χ4v) is 3.79. The van der Waals surface area contributed by atoms with Gasteiger partial charge in [-0.25, -0.2) is 0 Å². The molecule has 2 nitrogen and oxygen atoms in total. The molecule has 1 atom stereocenters. The molecule has 0 amide bonds. The van der Waals surface area contributed by atoms with Crippen molar-refractivity contribution >= 4 is 5.78 Å². The molecule has 0 bridgehead atoms. The fraction of sp³-hybridized carbons (Fsp3) is 0.269. The molecule has 0 aliphatic rings. The minimum atomic E-state index is -1.67. The van der Waals surface area contributed by atoms with E-state index in [1.54, 1.807) is 0 Å². The van der Waals surface area contributed by atoms with E-state index in [1.165, 1.54) is 0 Å². The van der Waals surface area contributed by atoms with Crippen LogP contribution in [0.2, 0.25) is 0 Å². The van der Waals surface area contributed by atoms with E-state index in [9.17, 15) is 9.90 Å². The monoisotopic (exact) mass is 372 g/mol. The molecular formula is C26H28O2. The molecule has 0 aliphatic heterocycles. The molecule has 0 spiro atoms. The number of rotatable bonds is 6. The Hall–Kier alpha value is -2.71. The highest BCUT2D eigenvalue weighted by Gasteiger charge is 2.42. The molecule has 3 aromatic rings. The Kier molecular flexibility index (Phi) is 5.81. The first kappa shape index (κ1) is 20.0. The van der Waals surface area contributed by atoms with Crippen molar-refractivity contribution in [1.82, 2.24) is 0 Å². The van der Waals surface area contributed by atoms with Crippen LogP contribution in [-0.2, 0) is 10.4 Å². The zero-order chi connectivity index (χ0) is 20.2. The van der Waals surface area contributed by atoms with Gasteiger partial charge in [0.15, 0.2) is 11.4 Å². The van der Waals surface area contributed by atoms with Crippen molar-refractivity contribution in [3.8, 4) is 0 Å². The van der Waals surface area contributed by atoms with Crippen LogP contribution in [0.3, 0.4) is 0 Å². The summed E-state index contributed by atoms with van der Waals surface area (Å²) in [7, 11) is 0. The summed E-state index contributed by atoms with van der Waals surface area (Å²) in [5.41, 5.74) is 0.539. The molecule has 0 aliphatic carbocycles. The smallest absolute Gasteiger partial charge is 0.174 e. The number of Topliss-reactive ketones (excluding diaryl/α,β-unsaturated/α-hetero) is 1. The van der Waals surface area contributed by atoms with Crippen LogP contribution >= 0.6 is 0 Å². The van der Waals surface area contributed by atoms with E-state index in [0.717, 1.165) is 5.56 Å². The first-order valence-corrected chi connectivity index (χ1v) is 9.75.